The van der Waals surface area contributed by atoms with E-state index in [1.165, 1.54) is 0 Å². The summed E-state index contributed by atoms with van der Waals surface area (Å²) in [5, 5.41) is 0.689. The third-order valence-corrected chi connectivity index (χ3v) is 4.68. The van der Waals surface area contributed by atoms with Gasteiger partial charge in [-0.05, 0) is 42.7 Å². The number of likely N-dealkylation sites (N-methyl/N-ethyl adjacent to an activating group) is 1. The first-order valence-corrected chi connectivity index (χ1v) is 7.60. The number of benzene rings is 2. The lowest BCUT2D eigenvalue weighted by Crippen LogP contribution is -2.50. The summed E-state index contributed by atoms with van der Waals surface area (Å²) in [6, 6.07) is 17.5. The van der Waals surface area contributed by atoms with Crippen LogP contribution in [0.25, 0.3) is 0 Å². The Hall–Kier alpha value is -1.80. The number of amides is 1. The predicted molar refractivity (Wildman–Crippen MR) is 86.8 cm³/mol. The molecule has 1 fully saturated rings. The zero-order valence-electron chi connectivity index (χ0n) is 12.1. The molecule has 0 bridgehead atoms. The van der Waals surface area contributed by atoms with Crippen LogP contribution in [0.2, 0.25) is 5.02 Å². The molecule has 3 rings (SSSR count). The van der Waals surface area contributed by atoms with E-state index < -0.39 is 5.41 Å². The molecule has 2 nitrogen and oxygen atoms in total. The first kappa shape index (κ1) is 14.2. The third kappa shape index (κ3) is 2.44. The summed E-state index contributed by atoms with van der Waals surface area (Å²) < 4.78 is 0. The lowest BCUT2D eigenvalue weighted by Gasteiger charge is -2.43. The molecule has 1 aliphatic rings. The maximum absolute atomic E-state index is 13.0. The lowest BCUT2D eigenvalue weighted by molar-refractivity contribution is -0.126. The van der Waals surface area contributed by atoms with E-state index in [1.807, 2.05) is 61.6 Å². The van der Waals surface area contributed by atoms with Gasteiger partial charge in [-0.1, -0.05) is 48.4 Å². The summed E-state index contributed by atoms with van der Waals surface area (Å²) >= 11 is 6.11. The Labute approximate surface area is 130 Å². The highest BCUT2D eigenvalue weighted by molar-refractivity contribution is 6.30. The van der Waals surface area contributed by atoms with Gasteiger partial charge in [-0.15, -0.1) is 0 Å². The van der Waals surface area contributed by atoms with E-state index in [4.69, 9.17) is 11.6 Å². The second-order valence-electron chi connectivity index (χ2n) is 5.65. The van der Waals surface area contributed by atoms with Crippen LogP contribution in [-0.2, 0) is 10.2 Å². The number of para-hydroxylation sites is 1. The fraction of sp³-hybridized carbons (Fsp3) is 0.278. The summed E-state index contributed by atoms with van der Waals surface area (Å²) in [6.07, 6.45) is 2.87. The van der Waals surface area contributed by atoms with E-state index in [9.17, 15) is 4.79 Å². The fourth-order valence-electron chi connectivity index (χ4n) is 3.03. The maximum Gasteiger partial charge on any atom is 0.237 e. The molecule has 0 radical (unpaired) electrons. The van der Waals surface area contributed by atoms with Gasteiger partial charge in [0.25, 0.3) is 0 Å². The Morgan fingerprint density at radius 1 is 1.10 bits per heavy atom. The second-order valence-corrected chi connectivity index (χ2v) is 6.08. The van der Waals surface area contributed by atoms with Crippen molar-refractivity contribution in [1.82, 2.24) is 0 Å². The summed E-state index contributed by atoms with van der Waals surface area (Å²) in [7, 11) is 1.85. The molecule has 0 atom stereocenters. The first-order valence-electron chi connectivity index (χ1n) is 7.23. The van der Waals surface area contributed by atoms with Crippen LogP contribution in [0.15, 0.2) is 54.6 Å². The van der Waals surface area contributed by atoms with E-state index in [1.54, 1.807) is 4.90 Å². The van der Waals surface area contributed by atoms with Crippen LogP contribution in [0.3, 0.4) is 0 Å². The molecule has 0 saturated heterocycles. The van der Waals surface area contributed by atoms with Gasteiger partial charge in [-0.2, -0.15) is 0 Å². The fourth-order valence-corrected chi connectivity index (χ4v) is 3.22. The standard InChI is InChI=1S/C18H18ClNO/c1-20(16-9-3-2-4-10-16)17(21)18(11-6-12-18)14-7-5-8-15(19)13-14/h2-5,7-10,13H,6,11-12H2,1H3. The molecule has 0 unspecified atom stereocenters. The average molecular weight is 300 g/mol. The molecule has 0 spiro atoms. The van der Waals surface area contributed by atoms with Crippen molar-refractivity contribution in [3.8, 4) is 0 Å². The molecule has 0 aromatic heterocycles. The van der Waals surface area contributed by atoms with Crippen LogP contribution < -0.4 is 4.90 Å². The van der Waals surface area contributed by atoms with Crippen LogP contribution in [0, 0.1) is 0 Å². The molecular formula is C18H18ClNO. The highest BCUT2D eigenvalue weighted by atomic mass is 35.5. The van der Waals surface area contributed by atoms with Gasteiger partial charge in [-0.25, -0.2) is 0 Å². The topological polar surface area (TPSA) is 20.3 Å². The van der Waals surface area contributed by atoms with Gasteiger partial charge in [0.05, 0.1) is 5.41 Å². The van der Waals surface area contributed by atoms with Gasteiger partial charge in [-0.3, -0.25) is 4.79 Å². The van der Waals surface area contributed by atoms with E-state index >= 15 is 0 Å². The minimum atomic E-state index is -0.407. The van der Waals surface area contributed by atoms with Crippen LogP contribution >= 0.6 is 11.6 Å². The Bertz CT molecular complexity index is 649. The molecule has 2 aromatic rings. The van der Waals surface area contributed by atoms with Crippen molar-refractivity contribution in [2.45, 2.75) is 24.7 Å². The van der Waals surface area contributed by atoms with Crippen molar-refractivity contribution in [2.75, 3.05) is 11.9 Å². The van der Waals surface area contributed by atoms with Crippen molar-refractivity contribution in [3.63, 3.8) is 0 Å². The minimum absolute atomic E-state index is 0.155. The average Bonchev–Trinajstić information content (AvgIpc) is 2.46. The van der Waals surface area contributed by atoms with E-state index in [0.717, 1.165) is 30.5 Å². The van der Waals surface area contributed by atoms with Crippen molar-refractivity contribution < 1.29 is 4.79 Å². The molecule has 108 valence electrons. The third-order valence-electron chi connectivity index (χ3n) is 4.44. The normalized spacial score (nSPS) is 16.1. The number of hydrogen-bond acceptors (Lipinski definition) is 1. The Morgan fingerprint density at radius 3 is 2.38 bits per heavy atom. The highest BCUT2D eigenvalue weighted by Crippen LogP contribution is 2.46. The van der Waals surface area contributed by atoms with Gasteiger partial charge >= 0.3 is 0 Å². The number of rotatable bonds is 3. The van der Waals surface area contributed by atoms with Crippen LogP contribution in [-0.4, -0.2) is 13.0 Å². The first-order chi connectivity index (χ1) is 10.1. The zero-order valence-corrected chi connectivity index (χ0v) is 12.8. The lowest BCUT2D eigenvalue weighted by atomic mass is 9.63. The molecule has 1 amide bonds. The molecule has 21 heavy (non-hydrogen) atoms. The molecule has 3 heteroatoms. The van der Waals surface area contributed by atoms with Crippen LogP contribution in [0.1, 0.15) is 24.8 Å². The molecule has 0 N–H and O–H groups in total. The van der Waals surface area contributed by atoms with Gasteiger partial charge in [0, 0.05) is 17.8 Å². The molecule has 0 aliphatic heterocycles. The SMILES string of the molecule is CN(C(=O)C1(c2cccc(Cl)c2)CCC1)c1ccccc1. The van der Waals surface area contributed by atoms with E-state index in [2.05, 4.69) is 0 Å². The summed E-state index contributed by atoms with van der Waals surface area (Å²) in [4.78, 5) is 14.8. The Balaban J connectivity index is 1.94. The summed E-state index contributed by atoms with van der Waals surface area (Å²) in [6.45, 7) is 0. The summed E-state index contributed by atoms with van der Waals surface area (Å²) in [5.41, 5.74) is 1.56. The van der Waals surface area contributed by atoms with Gasteiger partial charge in [0.15, 0.2) is 0 Å². The Morgan fingerprint density at radius 2 is 1.81 bits per heavy atom. The van der Waals surface area contributed by atoms with Crippen molar-refractivity contribution in [2.24, 2.45) is 0 Å². The summed E-state index contributed by atoms with van der Waals surface area (Å²) in [5.74, 6) is 0.155. The molecule has 2 aromatic carbocycles. The number of carbonyl (C=O) groups excluding carboxylic acids is 1. The van der Waals surface area contributed by atoms with Gasteiger partial charge in [0.1, 0.15) is 0 Å². The zero-order chi connectivity index (χ0) is 14.9. The number of anilines is 1. The molecule has 1 aliphatic carbocycles. The van der Waals surface area contributed by atoms with Crippen LogP contribution in [0.5, 0.6) is 0 Å². The number of nitrogens with zero attached hydrogens (tertiary/aromatic N) is 1. The number of hydrogen-bond donors (Lipinski definition) is 0. The largest absolute Gasteiger partial charge is 0.315 e. The maximum atomic E-state index is 13.0. The quantitative estimate of drug-likeness (QED) is 0.821. The molecule has 0 heterocycles. The number of carbonyl (C=O) groups is 1. The van der Waals surface area contributed by atoms with Crippen molar-refractivity contribution in [1.29, 1.82) is 0 Å². The monoisotopic (exact) mass is 299 g/mol. The van der Waals surface area contributed by atoms with E-state index in [-0.39, 0.29) is 5.91 Å². The second kappa shape index (κ2) is 5.53. The van der Waals surface area contributed by atoms with Crippen LogP contribution in [0.4, 0.5) is 5.69 Å². The number of halogens is 1. The minimum Gasteiger partial charge on any atom is -0.315 e. The molecular weight excluding hydrogens is 282 g/mol. The smallest absolute Gasteiger partial charge is 0.237 e. The van der Waals surface area contributed by atoms with Crippen molar-refractivity contribution >= 4 is 23.2 Å². The van der Waals surface area contributed by atoms with E-state index in [0.29, 0.717) is 5.02 Å². The van der Waals surface area contributed by atoms with Gasteiger partial charge < -0.3 is 4.90 Å². The predicted octanol–water partition coefficient (Wildman–Crippen LogP) is 4.42. The molecule has 1 saturated carbocycles. The van der Waals surface area contributed by atoms with Gasteiger partial charge in [0.2, 0.25) is 5.91 Å². The van der Waals surface area contributed by atoms with Crippen molar-refractivity contribution in [3.05, 3.63) is 65.2 Å². The Kier molecular flexibility index (Phi) is 3.73. The highest BCUT2D eigenvalue weighted by Gasteiger charge is 2.47.